The van der Waals surface area contributed by atoms with Crippen LogP contribution in [0, 0.1) is 6.92 Å². The smallest absolute Gasteiger partial charge is 0.241 e. The highest BCUT2D eigenvalue weighted by molar-refractivity contribution is 5.81. The second-order valence-electron chi connectivity index (χ2n) is 5.01. The fourth-order valence-electron chi connectivity index (χ4n) is 2.48. The number of aryl methyl sites for hydroxylation is 1. The van der Waals surface area contributed by atoms with E-state index in [9.17, 15) is 4.79 Å². The number of piperidine rings is 1. The van der Waals surface area contributed by atoms with Crippen LogP contribution in [0.1, 0.15) is 25.1 Å². The van der Waals surface area contributed by atoms with E-state index in [1.165, 1.54) is 6.42 Å². The van der Waals surface area contributed by atoms with Gasteiger partial charge in [0.15, 0.2) is 5.82 Å². The molecule has 0 spiro atoms. The third-order valence-electron chi connectivity index (χ3n) is 3.61. The predicted octanol–water partition coefficient (Wildman–Crippen LogP) is 0.857. The Bertz CT molecular complexity index is 616. The lowest BCUT2D eigenvalue weighted by Gasteiger charge is -2.26. The van der Waals surface area contributed by atoms with Gasteiger partial charge in [-0.25, -0.2) is 4.98 Å². The van der Waals surface area contributed by atoms with Gasteiger partial charge in [0.25, 0.3) is 0 Å². The maximum Gasteiger partial charge on any atom is 0.241 e. The first-order valence-electron chi connectivity index (χ1n) is 6.94. The summed E-state index contributed by atoms with van der Waals surface area (Å²) < 4.78 is 1.85. The molecule has 0 atom stereocenters. The number of carbonyl (C=O) groups excluding carboxylic acids is 1. The van der Waals surface area contributed by atoms with Crippen LogP contribution in [0.4, 0.5) is 5.82 Å². The second kappa shape index (κ2) is 5.44. The molecule has 0 aliphatic carbocycles. The van der Waals surface area contributed by atoms with Crippen LogP contribution in [-0.4, -0.2) is 50.0 Å². The maximum absolute atomic E-state index is 12.1. The number of carbonyl (C=O) groups is 1. The molecule has 2 aromatic rings. The van der Waals surface area contributed by atoms with Crippen molar-refractivity contribution in [3.63, 3.8) is 0 Å². The van der Waals surface area contributed by atoms with E-state index in [1.807, 2.05) is 22.4 Å². The average Bonchev–Trinajstić information content (AvgIpc) is 2.88. The molecule has 0 saturated carbocycles. The van der Waals surface area contributed by atoms with Crippen molar-refractivity contribution in [3.05, 3.63) is 18.2 Å². The highest BCUT2D eigenvalue weighted by atomic mass is 16.2. The minimum absolute atomic E-state index is 0.116. The van der Waals surface area contributed by atoms with E-state index in [0.717, 1.165) is 31.8 Å². The molecule has 1 aliphatic heterocycles. The summed E-state index contributed by atoms with van der Waals surface area (Å²) in [7, 11) is 0. The molecule has 3 rings (SSSR count). The third-order valence-corrected chi connectivity index (χ3v) is 3.61. The number of amides is 1. The normalized spacial score (nSPS) is 15.6. The van der Waals surface area contributed by atoms with Gasteiger partial charge in [0, 0.05) is 25.5 Å². The van der Waals surface area contributed by atoms with Gasteiger partial charge in [0.1, 0.15) is 5.82 Å². The first-order valence-corrected chi connectivity index (χ1v) is 6.94. The Hall–Kier alpha value is -2.18. The van der Waals surface area contributed by atoms with Crippen molar-refractivity contribution in [2.45, 2.75) is 26.2 Å². The quantitative estimate of drug-likeness (QED) is 0.898. The van der Waals surface area contributed by atoms with Gasteiger partial charge >= 0.3 is 0 Å². The van der Waals surface area contributed by atoms with Gasteiger partial charge in [0.2, 0.25) is 11.6 Å². The molecule has 0 bridgehead atoms. The number of rotatable bonds is 3. The summed E-state index contributed by atoms with van der Waals surface area (Å²) in [5.41, 5.74) is 0.649. The Morgan fingerprint density at radius 2 is 2.10 bits per heavy atom. The van der Waals surface area contributed by atoms with Crippen LogP contribution in [-0.2, 0) is 4.79 Å². The summed E-state index contributed by atoms with van der Waals surface area (Å²) in [6.07, 6.45) is 6.91. The third kappa shape index (κ3) is 2.43. The number of hydrogen-bond acceptors (Lipinski definition) is 5. The number of nitrogens with zero attached hydrogens (tertiary/aromatic N) is 5. The fourth-order valence-corrected chi connectivity index (χ4v) is 2.48. The van der Waals surface area contributed by atoms with Gasteiger partial charge in [0.05, 0.1) is 6.54 Å². The van der Waals surface area contributed by atoms with E-state index in [4.69, 9.17) is 0 Å². The Labute approximate surface area is 117 Å². The van der Waals surface area contributed by atoms with E-state index < -0.39 is 0 Å². The molecule has 2 aromatic heterocycles. The van der Waals surface area contributed by atoms with Crippen molar-refractivity contribution in [1.29, 1.82) is 0 Å². The number of aromatic nitrogens is 4. The first kappa shape index (κ1) is 12.8. The summed E-state index contributed by atoms with van der Waals surface area (Å²) in [6, 6.07) is 0. The van der Waals surface area contributed by atoms with Crippen LogP contribution < -0.4 is 5.32 Å². The Morgan fingerprint density at radius 1 is 1.30 bits per heavy atom. The summed E-state index contributed by atoms with van der Waals surface area (Å²) in [4.78, 5) is 18.2. The molecule has 1 N–H and O–H groups in total. The minimum atomic E-state index is 0.116. The molecule has 20 heavy (non-hydrogen) atoms. The molecule has 1 saturated heterocycles. The standard InChI is InChI=1S/C13H18N6O/c1-10-16-17-13-12(14-5-8-19(10)13)15-9-11(20)18-6-3-2-4-7-18/h5,8H,2-4,6-7,9H2,1H3,(H,14,15). The molecule has 0 unspecified atom stereocenters. The van der Waals surface area contributed by atoms with Crippen LogP contribution >= 0.6 is 0 Å². The molecule has 3 heterocycles. The Balaban J connectivity index is 1.69. The zero-order valence-corrected chi connectivity index (χ0v) is 11.5. The molecule has 0 aromatic carbocycles. The monoisotopic (exact) mass is 274 g/mol. The lowest BCUT2D eigenvalue weighted by Crippen LogP contribution is -2.39. The molecule has 106 valence electrons. The maximum atomic E-state index is 12.1. The van der Waals surface area contributed by atoms with E-state index in [1.54, 1.807) is 6.20 Å². The Morgan fingerprint density at radius 3 is 2.90 bits per heavy atom. The van der Waals surface area contributed by atoms with Crippen molar-refractivity contribution in [2.24, 2.45) is 0 Å². The van der Waals surface area contributed by atoms with Crippen LogP contribution in [0.2, 0.25) is 0 Å². The van der Waals surface area contributed by atoms with Crippen molar-refractivity contribution < 1.29 is 4.79 Å². The summed E-state index contributed by atoms with van der Waals surface area (Å²) in [6.45, 7) is 3.85. The van der Waals surface area contributed by atoms with Gasteiger partial charge in [-0.2, -0.15) is 0 Å². The minimum Gasteiger partial charge on any atom is -0.358 e. The molecule has 1 amide bonds. The molecule has 7 heteroatoms. The van der Waals surface area contributed by atoms with Gasteiger partial charge in [-0.15, -0.1) is 10.2 Å². The second-order valence-corrected chi connectivity index (χ2v) is 5.01. The van der Waals surface area contributed by atoms with E-state index in [0.29, 0.717) is 11.5 Å². The SMILES string of the molecule is Cc1nnc2c(NCC(=O)N3CCCCC3)nccn12. The van der Waals surface area contributed by atoms with Gasteiger partial charge in [-0.1, -0.05) is 0 Å². The number of fused-ring (bicyclic) bond motifs is 1. The van der Waals surface area contributed by atoms with Gasteiger partial charge < -0.3 is 10.2 Å². The highest BCUT2D eigenvalue weighted by Crippen LogP contribution is 2.13. The lowest BCUT2D eigenvalue weighted by molar-refractivity contribution is -0.130. The van der Waals surface area contributed by atoms with E-state index in [2.05, 4.69) is 20.5 Å². The zero-order chi connectivity index (χ0) is 13.9. The van der Waals surface area contributed by atoms with Crippen LogP contribution in [0.25, 0.3) is 5.65 Å². The first-order chi connectivity index (χ1) is 9.75. The molecule has 1 aliphatic rings. The zero-order valence-electron chi connectivity index (χ0n) is 11.5. The van der Waals surface area contributed by atoms with Crippen molar-refractivity contribution >= 4 is 17.4 Å². The summed E-state index contributed by atoms with van der Waals surface area (Å²) in [5, 5.41) is 11.2. The highest BCUT2D eigenvalue weighted by Gasteiger charge is 2.17. The average molecular weight is 274 g/mol. The molecule has 7 nitrogen and oxygen atoms in total. The number of nitrogens with one attached hydrogen (secondary N) is 1. The van der Waals surface area contributed by atoms with Crippen LogP contribution in [0.5, 0.6) is 0 Å². The van der Waals surface area contributed by atoms with Crippen LogP contribution in [0.15, 0.2) is 12.4 Å². The summed E-state index contributed by atoms with van der Waals surface area (Å²) in [5.74, 6) is 1.51. The summed E-state index contributed by atoms with van der Waals surface area (Å²) >= 11 is 0. The van der Waals surface area contributed by atoms with Gasteiger partial charge in [-0.05, 0) is 26.2 Å². The lowest BCUT2D eigenvalue weighted by atomic mass is 10.1. The topological polar surface area (TPSA) is 75.4 Å². The Kier molecular flexibility index (Phi) is 3.49. The molecule has 1 fully saturated rings. The van der Waals surface area contributed by atoms with Gasteiger partial charge in [-0.3, -0.25) is 9.20 Å². The van der Waals surface area contributed by atoms with Crippen molar-refractivity contribution in [1.82, 2.24) is 24.5 Å². The number of likely N-dealkylation sites (tertiary alicyclic amines) is 1. The van der Waals surface area contributed by atoms with E-state index in [-0.39, 0.29) is 12.5 Å². The number of hydrogen-bond donors (Lipinski definition) is 1. The molecule has 0 radical (unpaired) electrons. The van der Waals surface area contributed by atoms with Crippen LogP contribution in [0.3, 0.4) is 0 Å². The predicted molar refractivity (Wildman–Crippen MR) is 74.4 cm³/mol. The van der Waals surface area contributed by atoms with Crippen molar-refractivity contribution in [2.75, 3.05) is 25.0 Å². The largest absolute Gasteiger partial charge is 0.358 e. The fraction of sp³-hybridized carbons (Fsp3) is 0.538. The van der Waals surface area contributed by atoms with E-state index >= 15 is 0 Å². The number of anilines is 1. The molecular formula is C13H18N6O. The molecular weight excluding hydrogens is 256 g/mol. The van der Waals surface area contributed by atoms with Crippen molar-refractivity contribution in [3.8, 4) is 0 Å².